The van der Waals surface area contributed by atoms with Crippen LogP contribution in [-0.2, 0) is 0 Å². The van der Waals surface area contributed by atoms with Gasteiger partial charge in [-0.1, -0.05) is 39.7 Å². The van der Waals surface area contributed by atoms with Gasteiger partial charge in [-0.2, -0.15) is 0 Å². The second kappa shape index (κ2) is 6.39. The lowest BCUT2D eigenvalue weighted by Crippen LogP contribution is -2.29. The fourth-order valence-corrected chi connectivity index (χ4v) is 4.69. The van der Waals surface area contributed by atoms with Crippen LogP contribution in [0.4, 0.5) is 5.13 Å². The number of aryl methyl sites for hydroxylation is 1. The van der Waals surface area contributed by atoms with Crippen molar-refractivity contribution >= 4 is 49.3 Å². The molecule has 0 saturated carbocycles. The van der Waals surface area contributed by atoms with Gasteiger partial charge in [-0.25, -0.2) is 4.98 Å². The van der Waals surface area contributed by atoms with Gasteiger partial charge >= 0.3 is 0 Å². The van der Waals surface area contributed by atoms with Crippen molar-refractivity contribution in [3.63, 3.8) is 0 Å². The number of aromatic nitrogens is 1. The fraction of sp³-hybridized carbons (Fsp3) is 0.0952. The normalized spacial score (nSPS) is 16.0. The summed E-state index contributed by atoms with van der Waals surface area (Å²) in [7, 11) is 0. The fourth-order valence-electron chi connectivity index (χ4n) is 3.61. The minimum absolute atomic E-state index is 0.0847. The molecule has 0 bridgehead atoms. The van der Waals surface area contributed by atoms with Gasteiger partial charge in [0.1, 0.15) is 5.58 Å². The van der Waals surface area contributed by atoms with Crippen LogP contribution in [0.1, 0.15) is 33.3 Å². The first-order valence-electron chi connectivity index (χ1n) is 8.60. The van der Waals surface area contributed by atoms with Crippen LogP contribution in [-0.4, -0.2) is 10.9 Å². The molecule has 1 aliphatic heterocycles. The maximum Gasteiger partial charge on any atom is 0.297 e. The van der Waals surface area contributed by atoms with Crippen molar-refractivity contribution in [1.29, 1.82) is 0 Å². The molecule has 5 nitrogen and oxygen atoms in total. The zero-order valence-electron chi connectivity index (χ0n) is 14.7. The third-order valence-electron chi connectivity index (χ3n) is 4.82. The molecule has 1 amide bonds. The predicted octanol–water partition coefficient (Wildman–Crippen LogP) is 5.07. The van der Waals surface area contributed by atoms with Gasteiger partial charge in [0.15, 0.2) is 10.6 Å². The molecule has 0 unspecified atom stereocenters. The molecule has 5 rings (SSSR count). The largest absolute Gasteiger partial charge is 0.450 e. The quantitative estimate of drug-likeness (QED) is 0.425. The maximum absolute atomic E-state index is 13.4. The molecule has 1 aliphatic rings. The van der Waals surface area contributed by atoms with Crippen molar-refractivity contribution in [2.75, 3.05) is 4.90 Å². The molecule has 0 radical (unpaired) electrons. The Bertz CT molecular complexity index is 1300. The molecule has 0 fully saturated rings. The summed E-state index contributed by atoms with van der Waals surface area (Å²) in [6.07, 6.45) is 1.64. The van der Waals surface area contributed by atoms with Gasteiger partial charge < -0.3 is 4.42 Å². The highest BCUT2D eigenvalue weighted by atomic mass is 79.9. The van der Waals surface area contributed by atoms with Gasteiger partial charge in [0.25, 0.3) is 5.91 Å². The van der Waals surface area contributed by atoms with Gasteiger partial charge in [0, 0.05) is 16.0 Å². The summed E-state index contributed by atoms with van der Waals surface area (Å²) in [4.78, 5) is 32.6. The molecule has 2 aromatic heterocycles. The number of thiazole rings is 1. The van der Waals surface area contributed by atoms with E-state index in [2.05, 4.69) is 20.9 Å². The van der Waals surface area contributed by atoms with Gasteiger partial charge in [0.2, 0.25) is 5.76 Å². The van der Waals surface area contributed by atoms with E-state index in [4.69, 9.17) is 4.42 Å². The Morgan fingerprint density at radius 2 is 2.04 bits per heavy atom. The van der Waals surface area contributed by atoms with Crippen LogP contribution < -0.4 is 10.3 Å². The molecule has 7 heteroatoms. The van der Waals surface area contributed by atoms with Crippen LogP contribution in [0.3, 0.4) is 0 Å². The number of amides is 1. The molecule has 0 N–H and O–H groups in total. The first-order chi connectivity index (χ1) is 13.5. The molecule has 1 atom stereocenters. The Kier molecular flexibility index (Phi) is 3.96. The van der Waals surface area contributed by atoms with Gasteiger partial charge in [0.05, 0.1) is 17.0 Å². The molecule has 3 heterocycles. The van der Waals surface area contributed by atoms with E-state index in [9.17, 15) is 9.59 Å². The topological polar surface area (TPSA) is 63.4 Å². The minimum atomic E-state index is -0.590. The highest BCUT2D eigenvalue weighted by Gasteiger charge is 2.44. The molecule has 4 aromatic rings. The molecule has 0 aliphatic carbocycles. The average molecular weight is 453 g/mol. The smallest absolute Gasteiger partial charge is 0.297 e. The van der Waals surface area contributed by atoms with Crippen molar-refractivity contribution in [3.05, 3.63) is 91.2 Å². The number of fused-ring (bicyclic) bond motifs is 2. The second-order valence-corrected chi connectivity index (χ2v) is 8.41. The van der Waals surface area contributed by atoms with Crippen molar-refractivity contribution in [3.8, 4) is 0 Å². The number of nitrogens with zero attached hydrogens (tertiary/aromatic N) is 2. The molecular formula is C21H13BrN2O3S. The predicted molar refractivity (Wildman–Crippen MR) is 112 cm³/mol. The first kappa shape index (κ1) is 17.3. The second-order valence-electron chi connectivity index (χ2n) is 6.62. The highest BCUT2D eigenvalue weighted by molar-refractivity contribution is 9.10. The molecule has 0 spiro atoms. The number of benzene rings is 2. The van der Waals surface area contributed by atoms with Crippen molar-refractivity contribution in [2.45, 2.75) is 13.0 Å². The van der Waals surface area contributed by atoms with E-state index in [1.807, 2.05) is 37.3 Å². The molecular weight excluding hydrogens is 440 g/mol. The Hall–Kier alpha value is -2.77. The monoisotopic (exact) mass is 452 g/mol. The third kappa shape index (κ3) is 2.54. The van der Waals surface area contributed by atoms with E-state index in [1.54, 1.807) is 28.6 Å². The molecule has 28 heavy (non-hydrogen) atoms. The molecule has 0 saturated heterocycles. The Morgan fingerprint density at radius 1 is 1.18 bits per heavy atom. The lowest BCUT2D eigenvalue weighted by molar-refractivity contribution is 0.0971. The van der Waals surface area contributed by atoms with Crippen LogP contribution in [0.15, 0.2) is 67.7 Å². The molecule has 2 aromatic carbocycles. The van der Waals surface area contributed by atoms with Crippen LogP contribution in [0.2, 0.25) is 0 Å². The van der Waals surface area contributed by atoms with E-state index < -0.39 is 6.04 Å². The van der Waals surface area contributed by atoms with Crippen molar-refractivity contribution in [1.82, 2.24) is 4.98 Å². The van der Waals surface area contributed by atoms with Gasteiger partial charge in [-0.3, -0.25) is 14.5 Å². The van der Waals surface area contributed by atoms with Crippen molar-refractivity contribution < 1.29 is 9.21 Å². The number of hydrogen-bond donors (Lipinski definition) is 0. The third-order valence-corrected chi connectivity index (χ3v) is 6.08. The van der Waals surface area contributed by atoms with Crippen LogP contribution in [0.25, 0.3) is 11.0 Å². The summed E-state index contributed by atoms with van der Waals surface area (Å²) in [5.74, 6) is -0.268. The SMILES string of the molecule is Cc1ccc2oc3c(c(=O)c2c1)[C@H](c1cccc(Br)c1)N(c1nccs1)C3=O. The van der Waals surface area contributed by atoms with Crippen LogP contribution >= 0.6 is 27.3 Å². The van der Waals surface area contributed by atoms with E-state index >= 15 is 0 Å². The summed E-state index contributed by atoms with van der Waals surface area (Å²) >= 11 is 4.83. The zero-order valence-corrected chi connectivity index (χ0v) is 17.1. The van der Waals surface area contributed by atoms with E-state index in [0.29, 0.717) is 21.7 Å². The lowest BCUT2D eigenvalue weighted by Gasteiger charge is -2.22. The Morgan fingerprint density at radius 3 is 2.79 bits per heavy atom. The summed E-state index contributed by atoms with van der Waals surface area (Å²) in [6.45, 7) is 1.92. The molecule has 138 valence electrons. The Labute approximate surface area is 172 Å². The lowest BCUT2D eigenvalue weighted by atomic mass is 9.98. The number of carbonyl (C=O) groups is 1. The Balaban J connectivity index is 1.85. The van der Waals surface area contributed by atoms with Crippen LogP contribution in [0, 0.1) is 6.92 Å². The van der Waals surface area contributed by atoms with E-state index in [-0.39, 0.29) is 17.1 Å². The standard InChI is InChI=1S/C21H13BrN2O3S/c1-11-5-6-15-14(9-11)18(25)16-17(12-3-2-4-13(22)10-12)24(20(26)19(16)27-15)21-23-7-8-28-21/h2-10,17H,1H3/t17-/m0/s1. The number of carbonyl (C=O) groups excluding carboxylic acids is 1. The highest BCUT2D eigenvalue weighted by Crippen LogP contribution is 2.42. The zero-order chi connectivity index (χ0) is 19.4. The number of anilines is 1. The van der Waals surface area contributed by atoms with Gasteiger partial charge in [-0.05, 0) is 36.8 Å². The van der Waals surface area contributed by atoms with E-state index in [1.165, 1.54) is 11.3 Å². The average Bonchev–Trinajstić information content (AvgIpc) is 3.29. The van der Waals surface area contributed by atoms with Crippen molar-refractivity contribution in [2.24, 2.45) is 0 Å². The number of rotatable bonds is 2. The minimum Gasteiger partial charge on any atom is -0.450 e. The maximum atomic E-state index is 13.4. The number of halogens is 1. The first-order valence-corrected chi connectivity index (χ1v) is 10.3. The summed E-state index contributed by atoms with van der Waals surface area (Å²) in [5, 5.41) is 2.81. The van der Waals surface area contributed by atoms with Crippen LogP contribution in [0.5, 0.6) is 0 Å². The summed E-state index contributed by atoms with van der Waals surface area (Å²) in [6, 6.07) is 12.4. The van der Waals surface area contributed by atoms with Gasteiger partial charge in [-0.15, -0.1) is 11.3 Å². The summed E-state index contributed by atoms with van der Waals surface area (Å²) < 4.78 is 6.80. The van der Waals surface area contributed by atoms with E-state index in [0.717, 1.165) is 15.6 Å². The number of hydrogen-bond acceptors (Lipinski definition) is 5. The summed E-state index contributed by atoms with van der Waals surface area (Å²) in [5.41, 5.74) is 2.36.